The second-order valence-electron chi connectivity index (χ2n) is 0.671. The SMILES string of the molecule is CCOC(=O)Cl.CO. The highest BCUT2D eigenvalue weighted by Crippen LogP contribution is 1.82. The van der Waals surface area contributed by atoms with Crippen LogP contribution in [0.5, 0.6) is 0 Å². The molecule has 0 saturated heterocycles. The molecule has 3 nitrogen and oxygen atoms in total. The average molecular weight is 141 g/mol. The maximum atomic E-state index is 9.59. The Bertz CT molecular complexity index is 55.2. The van der Waals surface area contributed by atoms with Crippen LogP contribution in [0.1, 0.15) is 6.92 Å². The Labute approximate surface area is 53.2 Å². The first-order valence-electron chi connectivity index (χ1n) is 2.04. The van der Waals surface area contributed by atoms with Gasteiger partial charge in [-0.3, -0.25) is 0 Å². The van der Waals surface area contributed by atoms with Crippen molar-refractivity contribution in [3.05, 3.63) is 0 Å². The van der Waals surface area contributed by atoms with Gasteiger partial charge in [0.15, 0.2) is 0 Å². The van der Waals surface area contributed by atoms with Crippen LogP contribution >= 0.6 is 11.6 Å². The number of ether oxygens (including phenoxy) is 1. The van der Waals surface area contributed by atoms with Crippen molar-refractivity contribution in [2.75, 3.05) is 13.7 Å². The van der Waals surface area contributed by atoms with Crippen LogP contribution < -0.4 is 0 Å². The minimum Gasteiger partial charge on any atom is -0.454 e. The lowest BCUT2D eigenvalue weighted by molar-refractivity contribution is 0.180. The highest BCUT2D eigenvalue weighted by Gasteiger charge is 1.85. The monoisotopic (exact) mass is 140 g/mol. The van der Waals surface area contributed by atoms with E-state index in [0.29, 0.717) is 6.61 Å². The van der Waals surface area contributed by atoms with Gasteiger partial charge in [-0.05, 0) is 6.92 Å². The summed E-state index contributed by atoms with van der Waals surface area (Å²) in [4.78, 5) is 9.59. The zero-order valence-corrected chi connectivity index (χ0v) is 5.60. The van der Waals surface area contributed by atoms with Gasteiger partial charge in [-0.1, -0.05) is 0 Å². The average Bonchev–Trinajstić information content (AvgIpc) is 1.72. The van der Waals surface area contributed by atoms with Gasteiger partial charge in [-0.25, -0.2) is 4.79 Å². The second kappa shape index (κ2) is 9.87. The first-order chi connectivity index (χ1) is 3.77. The molecule has 0 fully saturated rings. The van der Waals surface area contributed by atoms with Crippen molar-refractivity contribution < 1.29 is 14.6 Å². The highest BCUT2D eigenvalue weighted by molar-refractivity contribution is 6.61. The van der Waals surface area contributed by atoms with Crippen LogP contribution in [0.4, 0.5) is 4.79 Å². The maximum absolute atomic E-state index is 9.59. The lowest BCUT2D eigenvalue weighted by Crippen LogP contribution is -1.89. The van der Waals surface area contributed by atoms with Gasteiger partial charge in [0.05, 0.1) is 6.61 Å². The summed E-state index contributed by atoms with van der Waals surface area (Å²) in [6.07, 6.45) is 0. The zero-order chi connectivity index (χ0) is 6.99. The lowest BCUT2D eigenvalue weighted by atomic mass is 10.9. The van der Waals surface area contributed by atoms with E-state index in [9.17, 15) is 4.79 Å². The van der Waals surface area contributed by atoms with Crippen molar-refractivity contribution in [3.8, 4) is 0 Å². The molecule has 0 aliphatic rings. The van der Waals surface area contributed by atoms with E-state index in [1.54, 1.807) is 6.92 Å². The van der Waals surface area contributed by atoms with Crippen LogP contribution in [0.2, 0.25) is 0 Å². The predicted octanol–water partition coefficient (Wildman–Crippen LogP) is 0.990. The number of hydrogen-bond donors (Lipinski definition) is 1. The zero-order valence-electron chi connectivity index (χ0n) is 4.85. The van der Waals surface area contributed by atoms with Gasteiger partial charge in [-0.2, -0.15) is 0 Å². The molecule has 0 aliphatic heterocycles. The van der Waals surface area contributed by atoms with Crippen LogP contribution in [-0.2, 0) is 4.74 Å². The molecule has 0 aromatic carbocycles. The summed E-state index contributed by atoms with van der Waals surface area (Å²) in [5.74, 6) is 0. The molecule has 0 saturated carbocycles. The third-order valence-electron chi connectivity index (χ3n) is 0.258. The van der Waals surface area contributed by atoms with E-state index in [-0.39, 0.29) is 0 Å². The van der Waals surface area contributed by atoms with Gasteiger partial charge >= 0.3 is 5.43 Å². The van der Waals surface area contributed by atoms with E-state index in [1.807, 2.05) is 0 Å². The number of rotatable bonds is 1. The Kier molecular flexibility index (Phi) is 13.1. The van der Waals surface area contributed by atoms with Gasteiger partial charge in [-0.15, -0.1) is 0 Å². The molecule has 0 amide bonds. The van der Waals surface area contributed by atoms with Crippen molar-refractivity contribution in [2.24, 2.45) is 0 Å². The van der Waals surface area contributed by atoms with Gasteiger partial charge in [0, 0.05) is 18.7 Å². The standard InChI is InChI=1S/C3H5ClO2.CH4O/c1-2-6-3(4)5;1-2/h2H2,1H3;2H,1H3. The van der Waals surface area contributed by atoms with Crippen LogP contribution in [-0.4, -0.2) is 24.3 Å². The van der Waals surface area contributed by atoms with Gasteiger partial charge in [0.25, 0.3) is 0 Å². The summed E-state index contributed by atoms with van der Waals surface area (Å²) < 4.78 is 4.17. The normalized spacial score (nSPS) is 6.50. The van der Waals surface area contributed by atoms with E-state index in [0.717, 1.165) is 7.11 Å². The molecule has 0 atom stereocenters. The third-order valence-corrected chi connectivity index (χ3v) is 0.367. The van der Waals surface area contributed by atoms with Crippen molar-refractivity contribution in [3.63, 3.8) is 0 Å². The molecule has 0 radical (unpaired) electrons. The fraction of sp³-hybridized carbons (Fsp3) is 0.750. The molecule has 4 heteroatoms. The molecule has 0 unspecified atom stereocenters. The highest BCUT2D eigenvalue weighted by atomic mass is 35.5. The lowest BCUT2D eigenvalue weighted by Gasteiger charge is -1.86. The first-order valence-corrected chi connectivity index (χ1v) is 2.42. The number of carbonyl (C=O) groups is 1. The van der Waals surface area contributed by atoms with E-state index >= 15 is 0 Å². The van der Waals surface area contributed by atoms with E-state index in [1.165, 1.54) is 0 Å². The number of aliphatic hydroxyl groups excluding tert-OH is 1. The summed E-state index contributed by atoms with van der Waals surface area (Å²) in [6.45, 7) is 2.04. The Hall–Kier alpha value is -0.280. The summed E-state index contributed by atoms with van der Waals surface area (Å²) >= 11 is 4.72. The fourth-order valence-electron chi connectivity index (χ4n) is 0.113. The third kappa shape index (κ3) is 17.2. The first kappa shape index (κ1) is 10.7. The summed E-state index contributed by atoms with van der Waals surface area (Å²) in [5.41, 5.74) is -0.738. The van der Waals surface area contributed by atoms with Crippen LogP contribution in [0, 0.1) is 0 Å². The Morgan fingerprint density at radius 1 is 1.75 bits per heavy atom. The Balaban J connectivity index is 0. The fourth-order valence-corrected chi connectivity index (χ4v) is 0.223. The number of hydrogen-bond acceptors (Lipinski definition) is 3. The molecule has 0 spiro atoms. The Morgan fingerprint density at radius 3 is 2.12 bits per heavy atom. The summed E-state index contributed by atoms with van der Waals surface area (Å²) in [6, 6.07) is 0. The van der Waals surface area contributed by atoms with E-state index in [2.05, 4.69) is 4.74 Å². The largest absolute Gasteiger partial charge is 0.454 e. The van der Waals surface area contributed by atoms with Gasteiger partial charge < -0.3 is 9.84 Å². The smallest absolute Gasteiger partial charge is 0.403 e. The molecule has 50 valence electrons. The summed E-state index contributed by atoms with van der Waals surface area (Å²) in [7, 11) is 1.00. The van der Waals surface area contributed by atoms with Crippen LogP contribution in [0.25, 0.3) is 0 Å². The van der Waals surface area contributed by atoms with Crippen LogP contribution in [0.15, 0.2) is 0 Å². The topological polar surface area (TPSA) is 46.5 Å². The number of aliphatic hydroxyl groups is 1. The van der Waals surface area contributed by atoms with Crippen molar-refractivity contribution in [2.45, 2.75) is 6.92 Å². The van der Waals surface area contributed by atoms with Gasteiger partial charge in [0.1, 0.15) is 0 Å². The molecule has 0 aromatic heterocycles. The molecule has 0 bridgehead atoms. The predicted molar refractivity (Wildman–Crippen MR) is 31.0 cm³/mol. The number of carbonyl (C=O) groups excluding carboxylic acids is 1. The molecular formula is C4H9ClO3. The molecule has 8 heavy (non-hydrogen) atoms. The van der Waals surface area contributed by atoms with Crippen LogP contribution in [0.3, 0.4) is 0 Å². The molecule has 0 heterocycles. The minimum absolute atomic E-state index is 0.350. The minimum atomic E-state index is -0.738. The van der Waals surface area contributed by atoms with Crippen molar-refractivity contribution >= 4 is 17.0 Å². The second-order valence-corrected chi connectivity index (χ2v) is 0.979. The molecular weight excluding hydrogens is 131 g/mol. The maximum Gasteiger partial charge on any atom is 0.403 e. The quantitative estimate of drug-likeness (QED) is 0.553. The number of halogens is 1. The molecule has 0 rings (SSSR count). The molecule has 1 N–H and O–H groups in total. The Morgan fingerprint density at radius 2 is 2.12 bits per heavy atom. The van der Waals surface area contributed by atoms with Gasteiger partial charge in [0.2, 0.25) is 0 Å². The van der Waals surface area contributed by atoms with Crippen molar-refractivity contribution in [1.82, 2.24) is 0 Å². The van der Waals surface area contributed by atoms with E-state index in [4.69, 9.17) is 16.7 Å². The summed E-state index contributed by atoms with van der Waals surface area (Å²) in [5, 5.41) is 7.00. The van der Waals surface area contributed by atoms with Crippen molar-refractivity contribution in [1.29, 1.82) is 0 Å². The molecule has 0 aliphatic carbocycles. The van der Waals surface area contributed by atoms with E-state index < -0.39 is 5.43 Å². The molecule has 0 aromatic rings.